The second-order valence-electron chi connectivity index (χ2n) is 6.34. The van der Waals surface area contributed by atoms with Crippen molar-refractivity contribution in [2.75, 3.05) is 33.4 Å². The molecule has 0 saturated carbocycles. The highest BCUT2D eigenvalue weighted by Gasteiger charge is 2.23. The molecule has 1 saturated heterocycles. The van der Waals surface area contributed by atoms with Crippen molar-refractivity contribution in [1.82, 2.24) is 15.5 Å². The minimum absolute atomic E-state index is 0. The first-order chi connectivity index (χ1) is 8.83. The van der Waals surface area contributed by atoms with Gasteiger partial charge in [-0.2, -0.15) is 0 Å². The summed E-state index contributed by atoms with van der Waals surface area (Å²) in [5.74, 6) is 0.861. The fourth-order valence-electron chi connectivity index (χ4n) is 2.29. The first-order valence-corrected chi connectivity index (χ1v) is 7.16. The third-order valence-electron chi connectivity index (χ3n) is 3.27. The highest BCUT2D eigenvalue weighted by atomic mass is 127. The number of halogens is 1. The van der Waals surface area contributed by atoms with E-state index < -0.39 is 0 Å². The van der Waals surface area contributed by atoms with Crippen molar-refractivity contribution in [2.45, 2.75) is 52.2 Å². The molecular weight excluding hydrogens is 367 g/mol. The van der Waals surface area contributed by atoms with Crippen LogP contribution >= 0.6 is 24.0 Å². The van der Waals surface area contributed by atoms with Crippen molar-refractivity contribution >= 4 is 29.9 Å². The maximum atomic E-state index is 5.48. The van der Waals surface area contributed by atoms with Crippen molar-refractivity contribution < 1.29 is 4.74 Å². The Morgan fingerprint density at radius 1 is 1.45 bits per heavy atom. The Hall–Kier alpha value is -0.0800. The van der Waals surface area contributed by atoms with Crippen LogP contribution in [0.2, 0.25) is 0 Å². The number of hydrogen-bond acceptors (Lipinski definition) is 3. The number of rotatable bonds is 3. The van der Waals surface area contributed by atoms with Gasteiger partial charge in [-0.15, -0.1) is 24.0 Å². The summed E-state index contributed by atoms with van der Waals surface area (Å²) in [5.41, 5.74) is 0.0251. The first kappa shape index (κ1) is 19.9. The van der Waals surface area contributed by atoms with Gasteiger partial charge < -0.3 is 15.4 Å². The Morgan fingerprint density at radius 3 is 2.60 bits per heavy atom. The van der Waals surface area contributed by atoms with Gasteiger partial charge in [0.15, 0.2) is 5.96 Å². The minimum atomic E-state index is 0. The molecule has 0 aromatic heterocycles. The lowest BCUT2D eigenvalue weighted by molar-refractivity contribution is -0.0174. The zero-order chi connectivity index (χ0) is 14.5. The summed E-state index contributed by atoms with van der Waals surface area (Å²) in [5, 5.41) is 6.77. The lowest BCUT2D eigenvalue weighted by Gasteiger charge is -2.38. The van der Waals surface area contributed by atoms with Gasteiger partial charge in [-0.25, -0.2) is 0 Å². The minimum Gasteiger partial charge on any atom is -0.379 e. The van der Waals surface area contributed by atoms with E-state index in [2.05, 4.69) is 55.1 Å². The van der Waals surface area contributed by atoms with Crippen LogP contribution in [0.25, 0.3) is 0 Å². The van der Waals surface area contributed by atoms with E-state index in [-0.39, 0.29) is 29.5 Å². The predicted molar refractivity (Wildman–Crippen MR) is 96.1 cm³/mol. The average molecular weight is 398 g/mol. The lowest BCUT2D eigenvalue weighted by atomic mass is 10.1. The van der Waals surface area contributed by atoms with Crippen molar-refractivity contribution in [3.8, 4) is 0 Å². The van der Waals surface area contributed by atoms with Crippen LogP contribution in [-0.4, -0.2) is 61.8 Å². The van der Waals surface area contributed by atoms with Gasteiger partial charge in [-0.05, 0) is 34.6 Å². The molecule has 20 heavy (non-hydrogen) atoms. The number of ether oxygens (including phenoxy) is 1. The molecule has 2 unspecified atom stereocenters. The van der Waals surface area contributed by atoms with Crippen LogP contribution in [0.3, 0.4) is 0 Å². The molecule has 0 aliphatic carbocycles. The van der Waals surface area contributed by atoms with Crippen LogP contribution in [0.1, 0.15) is 34.6 Å². The Morgan fingerprint density at radius 2 is 2.10 bits per heavy atom. The summed E-state index contributed by atoms with van der Waals surface area (Å²) in [6.45, 7) is 14.4. The standard InChI is InChI=1S/C14H30N4O.HI/c1-11(18-7-8-19-10-12(18)2)9-16-13(15-6)17-14(3,4)5;/h11-12H,7-10H2,1-6H3,(H2,15,16,17);1H. The van der Waals surface area contributed by atoms with Gasteiger partial charge in [0.2, 0.25) is 0 Å². The van der Waals surface area contributed by atoms with Gasteiger partial charge in [-0.1, -0.05) is 0 Å². The molecule has 1 aliphatic heterocycles. The van der Waals surface area contributed by atoms with Crippen LogP contribution in [0.15, 0.2) is 4.99 Å². The highest BCUT2D eigenvalue weighted by molar-refractivity contribution is 14.0. The van der Waals surface area contributed by atoms with E-state index in [4.69, 9.17) is 4.74 Å². The molecule has 0 aromatic rings. The van der Waals surface area contributed by atoms with Crippen LogP contribution in [0.4, 0.5) is 0 Å². The smallest absolute Gasteiger partial charge is 0.191 e. The van der Waals surface area contributed by atoms with Gasteiger partial charge in [0, 0.05) is 37.8 Å². The maximum Gasteiger partial charge on any atom is 0.191 e. The summed E-state index contributed by atoms with van der Waals surface area (Å²) in [6, 6.07) is 0.959. The van der Waals surface area contributed by atoms with E-state index >= 15 is 0 Å². The van der Waals surface area contributed by atoms with Crippen molar-refractivity contribution in [3.05, 3.63) is 0 Å². The Kier molecular flexibility index (Phi) is 9.01. The number of nitrogens with one attached hydrogen (secondary N) is 2. The second-order valence-corrected chi connectivity index (χ2v) is 6.34. The highest BCUT2D eigenvalue weighted by Crippen LogP contribution is 2.10. The Bertz CT molecular complexity index is 304. The van der Waals surface area contributed by atoms with Gasteiger partial charge in [-0.3, -0.25) is 9.89 Å². The monoisotopic (exact) mass is 398 g/mol. The van der Waals surface area contributed by atoms with E-state index in [1.165, 1.54) is 0 Å². The fraction of sp³-hybridized carbons (Fsp3) is 0.929. The van der Waals surface area contributed by atoms with Crippen LogP contribution in [-0.2, 0) is 4.74 Å². The van der Waals surface area contributed by atoms with Crippen molar-refractivity contribution in [3.63, 3.8) is 0 Å². The molecule has 2 atom stereocenters. The zero-order valence-electron chi connectivity index (χ0n) is 13.7. The number of morpholine rings is 1. The number of aliphatic imine (C=N–C) groups is 1. The van der Waals surface area contributed by atoms with Gasteiger partial charge in [0.25, 0.3) is 0 Å². The van der Waals surface area contributed by atoms with E-state index in [0.717, 1.165) is 32.3 Å². The molecule has 1 fully saturated rings. The molecule has 120 valence electrons. The maximum absolute atomic E-state index is 5.48. The third kappa shape index (κ3) is 7.08. The summed E-state index contributed by atoms with van der Waals surface area (Å²) in [4.78, 5) is 6.75. The first-order valence-electron chi connectivity index (χ1n) is 7.16. The molecule has 1 aliphatic rings. The number of nitrogens with zero attached hydrogens (tertiary/aromatic N) is 2. The Labute approximate surface area is 140 Å². The normalized spacial score (nSPS) is 22.9. The van der Waals surface area contributed by atoms with Crippen LogP contribution in [0, 0.1) is 0 Å². The summed E-state index contributed by atoms with van der Waals surface area (Å²) in [6.07, 6.45) is 0. The second kappa shape index (κ2) is 9.04. The van der Waals surface area contributed by atoms with Crippen LogP contribution < -0.4 is 10.6 Å². The van der Waals surface area contributed by atoms with E-state index in [1.54, 1.807) is 0 Å². The molecule has 0 amide bonds. The van der Waals surface area contributed by atoms with Crippen molar-refractivity contribution in [1.29, 1.82) is 0 Å². The largest absolute Gasteiger partial charge is 0.379 e. The molecule has 6 heteroatoms. The average Bonchev–Trinajstić information content (AvgIpc) is 2.33. The summed E-state index contributed by atoms with van der Waals surface area (Å²) in [7, 11) is 1.81. The quantitative estimate of drug-likeness (QED) is 0.432. The topological polar surface area (TPSA) is 48.9 Å². The van der Waals surface area contributed by atoms with Gasteiger partial charge in [0.1, 0.15) is 0 Å². The molecular formula is C14H31IN4O. The van der Waals surface area contributed by atoms with E-state index in [0.29, 0.717) is 12.1 Å². The van der Waals surface area contributed by atoms with Crippen molar-refractivity contribution in [2.24, 2.45) is 4.99 Å². The summed E-state index contributed by atoms with van der Waals surface area (Å²) >= 11 is 0. The number of hydrogen-bond donors (Lipinski definition) is 2. The fourth-order valence-corrected chi connectivity index (χ4v) is 2.29. The van der Waals surface area contributed by atoms with E-state index in [9.17, 15) is 0 Å². The molecule has 1 rings (SSSR count). The third-order valence-corrected chi connectivity index (χ3v) is 3.27. The molecule has 0 radical (unpaired) electrons. The number of guanidine groups is 1. The zero-order valence-corrected chi connectivity index (χ0v) is 16.0. The molecule has 0 spiro atoms. The molecule has 5 nitrogen and oxygen atoms in total. The lowest BCUT2D eigenvalue weighted by Crippen LogP contribution is -2.54. The van der Waals surface area contributed by atoms with Crippen LogP contribution in [0.5, 0.6) is 0 Å². The molecule has 1 heterocycles. The predicted octanol–water partition coefficient (Wildman–Crippen LogP) is 1.68. The van der Waals surface area contributed by atoms with E-state index in [1.807, 2.05) is 7.05 Å². The van der Waals surface area contributed by atoms with Gasteiger partial charge >= 0.3 is 0 Å². The summed E-state index contributed by atoms with van der Waals surface area (Å²) < 4.78 is 5.48. The van der Waals surface area contributed by atoms with Gasteiger partial charge in [0.05, 0.1) is 13.2 Å². The SMILES string of the molecule is CN=C(NCC(C)N1CCOCC1C)NC(C)(C)C.I. The Balaban J connectivity index is 0.00000361. The molecule has 0 aromatic carbocycles. The molecule has 0 bridgehead atoms. The molecule has 2 N–H and O–H groups in total.